The van der Waals surface area contributed by atoms with Crippen molar-refractivity contribution >= 4 is 33.3 Å². The second-order valence-corrected chi connectivity index (χ2v) is 9.48. The first-order valence-electron chi connectivity index (χ1n) is 9.89. The van der Waals surface area contributed by atoms with Crippen LogP contribution in [0.1, 0.15) is 29.6 Å². The first kappa shape index (κ1) is 20.5. The average Bonchev–Trinajstić information content (AvgIpc) is 3.17. The van der Waals surface area contributed by atoms with Gasteiger partial charge in [0.1, 0.15) is 0 Å². The third kappa shape index (κ3) is 3.94. The van der Waals surface area contributed by atoms with Gasteiger partial charge in [-0.1, -0.05) is 6.07 Å². The van der Waals surface area contributed by atoms with Gasteiger partial charge in [0.05, 0.1) is 23.0 Å². The van der Waals surface area contributed by atoms with Crippen LogP contribution in [0.3, 0.4) is 0 Å². The van der Waals surface area contributed by atoms with Crippen molar-refractivity contribution < 1.29 is 22.8 Å². The maximum Gasteiger partial charge on any atom is 0.257 e. The monoisotopic (exact) mass is 433 g/mol. The molecule has 2 fully saturated rings. The van der Waals surface area contributed by atoms with Gasteiger partial charge in [-0.15, -0.1) is 0 Å². The smallest absolute Gasteiger partial charge is 0.257 e. The zero-order valence-electron chi connectivity index (χ0n) is 16.4. The molecule has 0 bridgehead atoms. The van der Waals surface area contributed by atoms with Crippen molar-refractivity contribution in [2.45, 2.75) is 19.3 Å². The Kier molecular flexibility index (Phi) is 5.56. The number of sulfonamides is 1. The third-order valence-corrected chi connectivity index (χ3v) is 7.38. The van der Waals surface area contributed by atoms with Crippen molar-refractivity contribution in [2.24, 2.45) is 0 Å². The molecule has 2 aliphatic rings. The minimum atomic E-state index is -3.63. The van der Waals surface area contributed by atoms with E-state index < -0.39 is 10.0 Å². The van der Waals surface area contributed by atoms with E-state index in [4.69, 9.17) is 0 Å². The van der Waals surface area contributed by atoms with Crippen molar-refractivity contribution in [1.82, 2.24) is 23.7 Å². The number of hydrogen-bond donors (Lipinski definition) is 0. The highest BCUT2D eigenvalue weighted by Gasteiger charge is 2.32. The number of piperidine rings is 1. The van der Waals surface area contributed by atoms with Gasteiger partial charge in [0.25, 0.3) is 5.91 Å². The lowest BCUT2D eigenvalue weighted by molar-refractivity contribution is -0.147. The van der Waals surface area contributed by atoms with Gasteiger partial charge in [0.15, 0.2) is 0 Å². The summed E-state index contributed by atoms with van der Waals surface area (Å²) >= 11 is 0. The summed E-state index contributed by atoms with van der Waals surface area (Å²) in [5.41, 5.74) is 1.18. The molecule has 2 aromatic rings. The minimum absolute atomic E-state index is 0.123. The van der Waals surface area contributed by atoms with Gasteiger partial charge in [-0.05, 0) is 18.6 Å². The Hall–Kier alpha value is -2.79. The van der Waals surface area contributed by atoms with Crippen molar-refractivity contribution in [3.8, 4) is 0 Å². The Balaban J connectivity index is 1.36. The summed E-state index contributed by atoms with van der Waals surface area (Å²) in [6.07, 6.45) is 4.34. The summed E-state index contributed by atoms with van der Waals surface area (Å²) in [4.78, 5) is 39.3. The van der Waals surface area contributed by atoms with E-state index in [1.807, 2.05) is 18.2 Å². The highest BCUT2D eigenvalue weighted by atomic mass is 32.2. The molecule has 0 radical (unpaired) electrons. The molecule has 0 aromatic carbocycles. The molecule has 0 saturated carbocycles. The number of fused-ring (bicyclic) bond motifs is 1. The van der Waals surface area contributed by atoms with E-state index >= 15 is 0 Å². The number of imide groups is 1. The van der Waals surface area contributed by atoms with Crippen LogP contribution in [0, 0.1) is 0 Å². The van der Waals surface area contributed by atoms with Crippen molar-refractivity contribution in [3.63, 3.8) is 0 Å². The van der Waals surface area contributed by atoms with Crippen LogP contribution in [-0.4, -0.2) is 88.3 Å². The number of pyridine rings is 1. The molecule has 0 N–H and O–H groups in total. The average molecular weight is 433 g/mol. The molecule has 2 aliphatic heterocycles. The molecule has 0 spiro atoms. The van der Waals surface area contributed by atoms with Gasteiger partial charge >= 0.3 is 0 Å². The third-order valence-electron chi connectivity index (χ3n) is 5.53. The molecule has 0 atom stereocenters. The van der Waals surface area contributed by atoms with E-state index in [-0.39, 0.29) is 69.0 Å². The second-order valence-electron chi connectivity index (χ2n) is 7.39. The highest BCUT2D eigenvalue weighted by molar-refractivity contribution is 7.89. The molecule has 10 nitrogen and oxygen atoms in total. The van der Waals surface area contributed by atoms with Gasteiger partial charge < -0.3 is 4.90 Å². The molecule has 4 rings (SSSR count). The highest BCUT2D eigenvalue weighted by Crippen LogP contribution is 2.17. The van der Waals surface area contributed by atoms with Crippen LogP contribution in [0.2, 0.25) is 0 Å². The number of carbonyl (C=O) groups is 3. The van der Waals surface area contributed by atoms with Crippen molar-refractivity contribution in [1.29, 1.82) is 0 Å². The predicted molar refractivity (Wildman–Crippen MR) is 107 cm³/mol. The second kappa shape index (κ2) is 8.15. The number of aromatic nitrogens is 2. The summed E-state index contributed by atoms with van der Waals surface area (Å²) < 4.78 is 28.3. The topological polar surface area (TPSA) is 112 Å². The number of nitrogens with zero attached hydrogens (tertiary/aromatic N) is 5. The molecule has 2 saturated heterocycles. The van der Waals surface area contributed by atoms with Gasteiger partial charge in [-0.2, -0.15) is 9.40 Å². The van der Waals surface area contributed by atoms with Crippen LogP contribution < -0.4 is 0 Å². The summed E-state index contributed by atoms with van der Waals surface area (Å²) in [7, 11) is -3.63. The largest absolute Gasteiger partial charge is 0.336 e. The van der Waals surface area contributed by atoms with E-state index in [0.29, 0.717) is 17.5 Å². The molecule has 2 aromatic heterocycles. The number of amides is 3. The lowest BCUT2D eigenvalue weighted by Crippen LogP contribution is -2.52. The summed E-state index contributed by atoms with van der Waals surface area (Å²) in [6.45, 7) is 0.763. The first-order valence-corrected chi connectivity index (χ1v) is 11.5. The Morgan fingerprint density at radius 3 is 2.43 bits per heavy atom. The van der Waals surface area contributed by atoms with Crippen LogP contribution in [0.4, 0.5) is 0 Å². The van der Waals surface area contributed by atoms with Gasteiger partial charge in [-0.3, -0.25) is 19.3 Å². The maximum absolute atomic E-state index is 12.9. The number of hydrogen-bond acceptors (Lipinski definition) is 6. The van der Waals surface area contributed by atoms with E-state index in [2.05, 4.69) is 5.10 Å². The number of likely N-dealkylation sites (tertiary alicyclic amines) is 1. The lowest BCUT2D eigenvalue weighted by atomic mass is 10.1. The molecule has 160 valence electrons. The zero-order valence-corrected chi connectivity index (χ0v) is 17.3. The zero-order chi connectivity index (χ0) is 21.3. The first-order chi connectivity index (χ1) is 14.4. The lowest BCUT2D eigenvalue weighted by Gasteiger charge is -2.34. The molecule has 0 unspecified atom stereocenters. The number of rotatable bonds is 5. The summed E-state index contributed by atoms with van der Waals surface area (Å²) in [6, 6.07) is 5.46. The normalized spacial score (nSPS) is 18.9. The van der Waals surface area contributed by atoms with Gasteiger partial charge in [-0.25, -0.2) is 12.9 Å². The minimum Gasteiger partial charge on any atom is -0.336 e. The van der Waals surface area contributed by atoms with Crippen LogP contribution in [0.25, 0.3) is 5.52 Å². The fourth-order valence-electron chi connectivity index (χ4n) is 3.82. The number of piperazine rings is 1. The van der Waals surface area contributed by atoms with Gasteiger partial charge in [0, 0.05) is 51.8 Å². The van der Waals surface area contributed by atoms with Crippen molar-refractivity contribution in [2.75, 3.05) is 38.5 Å². The van der Waals surface area contributed by atoms with Crippen LogP contribution in [-0.2, 0) is 19.6 Å². The quantitative estimate of drug-likeness (QED) is 0.612. The van der Waals surface area contributed by atoms with Crippen molar-refractivity contribution in [3.05, 3.63) is 36.2 Å². The molecule has 4 heterocycles. The summed E-state index contributed by atoms with van der Waals surface area (Å²) in [5.74, 6) is -1.11. The SMILES string of the molecule is O=C(c1cnn2ccccc12)N1CCN(S(=O)(=O)CCN2C(=O)CCCC2=O)CC1. The Morgan fingerprint density at radius 1 is 1.03 bits per heavy atom. The predicted octanol–water partition coefficient (Wildman–Crippen LogP) is -0.0390. The Morgan fingerprint density at radius 2 is 1.73 bits per heavy atom. The Labute approximate surface area is 174 Å². The van der Waals surface area contributed by atoms with Gasteiger partial charge in [0.2, 0.25) is 21.8 Å². The van der Waals surface area contributed by atoms with E-state index in [1.165, 1.54) is 10.5 Å². The molecule has 0 aliphatic carbocycles. The molecular weight excluding hydrogens is 410 g/mol. The van der Waals surface area contributed by atoms with E-state index in [0.717, 1.165) is 4.90 Å². The summed E-state index contributed by atoms with van der Waals surface area (Å²) in [5, 5.41) is 4.17. The van der Waals surface area contributed by atoms with Crippen LogP contribution in [0.5, 0.6) is 0 Å². The molecular formula is C19H23N5O5S. The van der Waals surface area contributed by atoms with Crippen LogP contribution in [0.15, 0.2) is 30.6 Å². The van der Waals surface area contributed by atoms with Crippen LogP contribution >= 0.6 is 0 Å². The van der Waals surface area contributed by atoms with E-state index in [1.54, 1.807) is 15.6 Å². The molecule has 11 heteroatoms. The standard InChI is InChI=1S/C19H23N5O5S/c25-17-5-3-6-18(26)23(17)12-13-30(28,29)22-10-8-21(9-11-22)19(27)15-14-20-24-7-2-1-4-16(15)24/h1-2,4,7,14H,3,5-6,8-13H2. The fraction of sp³-hybridized carbons (Fsp3) is 0.474. The molecule has 3 amide bonds. The Bertz CT molecular complexity index is 1070. The molecule has 30 heavy (non-hydrogen) atoms. The van der Waals surface area contributed by atoms with E-state index in [9.17, 15) is 22.8 Å². The fourth-order valence-corrected chi connectivity index (χ4v) is 5.22. The maximum atomic E-state index is 12.9. The number of carbonyl (C=O) groups excluding carboxylic acids is 3.